The summed E-state index contributed by atoms with van der Waals surface area (Å²) in [6, 6.07) is 5.03. The quantitative estimate of drug-likeness (QED) is 0.564. The maximum absolute atomic E-state index is 10.8. The van der Waals surface area contributed by atoms with Crippen molar-refractivity contribution in [2.24, 2.45) is 0 Å². The fraction of sp³-hybridized carbons (Fsp3) is 0.500. The molecule has 0 amide bonds. The average Bonchev–Trinajstić information content (AvgIpc) is 2.33. The number of nitro benzene ring substituents is 1. The van der Waals surface area contributed by atoms with Gasteiger partial charge in [-0.2, -0.15) is 0 Å². The van der Waals surface area contributed by atoms with Gasteiger partial charge in [0.1, 0.15) is 0 Å². The molecule has 0 heterocycles. The highest BCUT2D eigenvalue weighted by molar-refractivity contribution is 5.63. The highest BCUT2D eigenvalue weighted by Crippen LogP contribution is 2.24. The predicted molar refractivity (Wildman–Crippen MR) is 70.7 cm³/mol. The number of nitro groups is 1. The van der Waals surface area contributed by atoms with Gasteiger partial charge in [-0.25, -0.2) is 0 Å². The second kappa shape index (κ2) is 6.73. The lowest BCUT2D eigenvalue weighted by Crippen LogP contribution is -2.04. The Labute approximate surface area is 101 Å². The number of rotatable bonds is 7. The summed E-state index contributed by atoms with van der Waals surface area (Å²) in [6.45, 7) is 5.74. The van der Waals surface area contributed by atoms with E-state index in [0.717, 1.165) is 37.3 Å². The van der Waals surface area contributed by atoms with Crippen LogP contribution in [0.4, 0.5) is 17.1 Å². The van der Waals surface area contributed by atoms with E-state index in [-0.39, 0.29) is 10.6 Å². The third kappa shape index (κ3) is 4.30. The van der Waals surface area contributed by atoms with Gasteiger partial charge in [0.2, 0.25) is 0 Å². The lowest BCUT2D eigenvalue weighted by Gasteiger charge is -2.09. The number of benzene rings is 1. The van der Waals surface area contributed by atoms with Crippen molar-refractivity contribution in [2.45, 2.75) is 26.7 Å². The van der Waals surface area contributed by atoms with Gasteiger partial charge in [-0.05, 0) is 18.9 Å². The number of non-ortho nitro benzene ring substituents is 1. The molecule has 5 heteroatoms. The summed E-state index contributed by atoms with van der Waals surface area (Å²) in [5.74, 6) is 0. The Morgan fingerprint density at radius 3 is 1.88 bits per heavy atom. The molecule has 0 aliphatic carbocycles. The van der Waals surface area contributed by atoms with Gasteiger partial charge in [-0.15, -0.1) is 0 Å². The van der Waals surface area contributed by atoms with Crippen molar-refractivity contribution in [3.63, 3.8) is 0 Å². The molecule has 1 aromatic rings. The van der Waals surface area contributed by atoms with E-state index in [2.05, 4.69) is 24.5 Å². The van der Waals surface area contributed by atoms with E-state index in [1.165, 1.54) is 0 Å². The number of nitrogens with one attached hydrogen (secondary N) is 2. The first kappa shape index (κ1) is 13.3. The fourth-order valence-corrected chi connectivity index (χ4v) is 1.46. The van der Waals surface area contributed by atoms with E-state index in [9.17, 15) is 10.1 Å². The summed E-state index contributed by atoms with van der Waals surface area (Å²) in [4.78, 5) is 10.4. The third-order valence-corrected chi connectivity index (χ3v) is 2.29. The molecule has 94 valence electrons. The van der Waals surface area contributed by atoms with Gasteiger partial charge in [-0.3, -0.25) is 10.1 Å². The minimum absolute atomic E-state index is 0.115. The summed E-state index contributed by atoms with van der Waals surface area (Å²) in [7, 11) is 0. The van der Waals surface area contributed by atoms with Gasteiger partial charge in [0, 0.05) is 36.6 Å². The highest BCUT2D eigenvalue weighted by Gasteiger charge is 2.09. The van der Waals surface area contributed by atoms with Gasteiger partial charge < -0.3 is 10.6 Å². The molecule has 5 nitrogen and oxygen atoms in total. The van der Waals surface area contributed by atoms with Crippen LogP contribution in [0, 0.1) is 10.1 Å². The van der Waals surface area contributed by atoms with E-state index >= 15 is 0 Å². The molecule has 0 aliphatic rings. The SMILES string of the molecule is CCCNc1cc(NCCC)cc([N+](=O)[O-])c1. The molecule has 0 aliphatic heterocycles. The number of anilines is 2. The first-order chi connectivity index (χ1) is 8.17. The van der Waals surface area contributed by atoms with Crippen molar-refractivity contribution in [3.8, 4) is 0 Å². The van der Waals surface area contributed by atoms with Gasteiger partial charge in [-0.1, -0.05) is 13.8 Å². The Morgan fingerprint density at radius 1 is 1.06 bits per heavy atom. The van der Waals surface area contributed by atoms with Gasteiger partial charge >= 0.3 is 0 Å². The topological polar surface area (TPSA) is 67.2 Å². The molecule has 0 saturated carbocycles. The lowest BCUT2D eigenvalue weighted by atomic mass is 10.2. The van der Waals surface area contributed by atoms with Crippen LogP contribution < -0.4 is 10.6 Å². The van der Waals surface area contributed by atoms with Crippen molar-refractivity contribution in [2.75, 3.05) is 23.7 Å². The predicted octanol–water partition coefficient (Wildman–Crippen LogP) is 3.24. The zero-order valence-corrected chi connectivity index (χ0v) is 10.3. The molecule has 2 N–H and O–H groups in total. The molecule has 0 spiro atoms. The van der Waals surface area contributed by atoms with Crippen LogP contribution in [0.2, 0.25) is 0 Å². The second-order valence-corrected chi connectivity index (χ2v) is 3.88. The molecule has 1 rings (SSSR count). The van der Waals surface area contributed by atoms with Gasteiger partial charge in [0.05, 0.1) is 4.92 Å². The average molecular weight is 237 g/mol. The van der Waals surface area contributed by atoms with E-state index < -0.39 is 0 Å². The molecular formula is C12H19N3O2. The Morgan fingerprint density at radius 2 is 1.53 bits per heavy atom. The van der Waals surface area contributed by atoms with E-state index in [4.69, 9.17) is 0 Å². The molecule has 0 saturated heterocycles. The van der Waals surface area contributed by atoms with Gasteiger partial charge in [0.25, 0.3) is 5.69 Å². The van der Waals surface area contributed by atoms with Crippen molar-refractivity contribution in [1.29, 1.82) is 0 Å². The van der Waals surface area contributed by atoms with Gasteiger partial charge in [0.15, 0.2) is 0 Å². The monoisotopic (exact) mass is 237 g/mol. The number of hydrogen-bond donors (Lipinski definition) is 2. The number of nitrogens with zero attached hydrogens (tertiary/aromatic N) is 1. The Kier molecular flexibility index (Phi) is 5.26. The molecular weight excluding hydrogens is 218 g/mol. The van der Waals surface area contributed by atoms with Crippen molar-refractivity contribution >= 4 is 17.1 Å². The number of hydrogen-bond acceptors (Lipinski definition) is 4. The maximum Gasteiger partial charge on any atom is 0.273 e. The Hall–Kier alpha value is -1.78. The minimum Gasteiger partial charge on any atom is -0.385 e. The van der Waals surface area contributed by atoms with Crippen molar-refractivity contribution in [1.82, 2.24) is 0 Å². The maximum atomic E-state index is 10.8. The van der Waals surface area contributed by atoms with E-state index in [1.807, 2.05) is 6.07 Å². The molecule has 17 heavy (non-hydrogen) atoms. The van der Waals surface area contributed by atoms with Crippen LogP contribution in [0.25, 0.3) is 0 Å². The summed E-state index contributed by atoms with van der Waals surface area (Å²) < 4.78 is 0. The van der Waals surface area contributed by atoms with Crippen LogP contribution in [-0.4, -0.2) is 18.0 Å². The van der Waals surface area contributed by atoms with Crippen LogP contribution in [-0.2, 0) is 0 Å². The van der Waals surface area contributed by atoms with E-state index in [0.29, 0.717) is 0 Å². The molecule has 0 unspecified atom stereocenters. The third-order valence-electron chi connectivity index (χ3n) is 2.29. The zero-order valence-electron chi connectivity index (χ0n) is 10.3. The molecule has 0 fully saturated rings. The fourth-order valence-electron chi connectivity index (χ4n) is 1.46. The Bertz CT molecular complexity index is 354. The molecule has 1 aromatic carbocycles. The van der Waals surface area contributed by atoms with Crippen LogP contribution in [0.15, 0.2) is 18.2 Å². The minimum atomic E-state index is -0.367. The molecule has 0 bridgehead atoms. The zero-order chi connectivity index (χ0) is 12.7. The van der Waals surface area contributed by atoms with Crippen LogP contribution in [0.3, 0.4) is 0 Å². The summed E-state index contributed by atoms with van der Waals surface area (Å²) >= 11 is 0. The van der Waals surface area contributed by atoms with Crippen LogP contribution in [0.5, 0.6) is 0 Å². The smallest absolute Gasteiger partial charge is 0.273 e. The van der Waals surface area contributed by atoms with Crippen LogP contribution in [0.1, 0.15) is 26.7 Å². The second-order valence-electron chi connectivity index (χ2n) is 3.88. The largest absolute Gasteiger partial charge is 0.385 e. The molecule has 0 aromatic heterocycles. The van der Waals surface area contributed by atoms with Crippen molar-refractivity contribution < 1.29 is 4.92 Å². The lowest BCUT2D eigenvalue weighted by molar-refractivity contribution is -0.384. The Balaban J connectivity index is 2.88. The summed E-state index contributed by atoms with van der Waals surface area (Å²) in [6.07, 6.45) is 1.97. The summed E-state index contributed by atoms with van der Waals surface area (Å²) in [5.41, 5.74) is 1.70. The summed E-state index contributed by atoms with van der Waals surface area (Å²) in [5, 5.41) is 17.1. The standard InChI is InChI=1S/C12H19N3O2/c1-3-5-13-10-7-11(14-6-4-2)9-12(8-10)15(16)17/h7-9,13-14H,3-6H2,1-2H3. The first-order valence-electron chi connectivity index (χ1n) is 5.94. The first-order valence-corrected chi connectivity index (χ1v) is 5.94. The van der Waals surface area contributed by atoms with Crippen molar-refractivity contribution in [3.05, 3.63) is 28.3 Å². The molecule has 0 radical (unpaired) electrons. The highest BCUT2D eigenvalue weighted by atomic mass is 16.6. The van der Waals surface area contributed by atoms with Crippen LogP contribution >= 0.6 is 0 Å². The normalized spacial score (nSPS) is 10.0. The van der Waals surface area contributed by atoms with E-state index in [1.54, 1.807) is 12.1 Å². The molecule has 0 atom stereocenters.